The molecular formula is C21H19BrO3. The zero-order valence-corrected chi connectivity index (χ0v) is 15.5. The van der Waals surface area contributed by atoms with Gasteiger partial charge in [0.15, 0.2) is 11.5 Å². The largest absolute Gasteiger partial charge is 0.493 e. The van der Waals surface area contributed by atoms with Gasteiger partial charge in [-0.25, -0.2) is 0 Å². The van der Waals surface area contributed by atoms with E-state index in [4.69, 9.17) is 14.2 Å². The monoisotopic (exact) mass is 398 g/mol. The summed E-state index contributed by atoms with van der Waals surface area (Å²) in [4.78, 5) is 0. The molecule has 3 aromatic rings. The number of halogens is 1. The Labute approximate surface area is 156 Å². The third-order valence-electron chi connectivity index (χ3n) is 3.70. The van der Waals surface area contributed by atoms with E-state index < -0.39 is 0 Å². The molecule has 0 amide bonds. The fourth-order valence-corrected chi connectivity index (χ4v) is 2.84. The van der Waals surface area contributed by atoms with Gasteiger partial charge in [-0.2, -0.15) is 0 Å². The molecule has 0 atom stereocenters. The first-order valence-corrected chi connectivity index (χ1v) is 8.77. The minimum Gasteiger partial charge on any atom is -0.493 e. The highest BCUT2D eigenvalue weighted by Crippen LogP contribution is 2.43. The van der Waals surface area contributed by atoms with Gasteiger partial charge >= 0.3 is 0 Å². The lowest BCUT2D eigenvalue weighted by Crippen LogP contribution is -2.03. The zero-order chi connectivity index (χ0) is 17.5. The van der Waals surface area contributed by atoms with Gasteiger partial charge in [0.1, 0.15) is 13.2 Å². The van der Waals surface area contributed by atoms with Crippen molar-refractivity contribution < 1.29 is 14.2 Å². The third-order valence-corrected chi connectivity index (χ3v) is 4.32. The Kier molecular flexibility index (Phi) is 5.96. The Morgan fingerprint density at radius 3 is 1.72 bits per heavy atom. The van der Waals surface area contributed by atoms with E-state index in [1.807, 2.05) is 72.8 Å². The van der Waals surface area contributed by atoms with Crippen LogP contribution >= 0.6 is 15.9 Å². The van der Waals surface area contributed by atoms with Crippen LogP contribution in [0.25, 0.3) is 0 Å². The van der Waals surface area contributed by atoms with Gasteiger partial charge in [-0.15, -0.1) is 0 Å². The van der Waals surface area contributed by atoms with E-state index in [2.05, 4.69) is 15.9 Å². The zero-order valence-electron chi connectivity index (χ0n) is 13.9. The lowest BCUT2D eigenvalue weighted by atomic mass is 10.2. The molecule has 3 rings (SSSR count). The minimum absolute atomic E-state index is 0.440. The summed E-state index contributed by atoms with van der Waals surface area (Å²) in [6, 6.07) is 23.8. The molecule has 0 unspecified atom stereocenters. The van der Waals surface area contributed by atoms with Gasteiger partial charge in [0.2, 0.25) is 5.75 Å². The fourth-order valence-electron chi connectivity index (χ4n) is 2.41. The SMILES string of the molecule is COc1ccc(Br)c(OCc2ccccc2)c1OCc1ccccc1. The molecule has 0 spiro atoms. The van der Waals surface area contributed by atoms with Crippen molar-refractivity contribution in [3.8, 4) is 17.2 Å². The van der Waals surface area contributed by atoms with Gasteiger partial charge in [0.05, 0.1) is 11.6 Å². The van der Waals surface area contributed by atoms with Gasteiger partial charge < -0.3 is 14.2 Å². The second-order valence-corrected chi connectivity index (χ2v) is 6.31. The quantitative estimate of drug-likeness (QED) is 0.517. The van der Waals surface area contributed by atoms with E-state index >= 15 is 0 Å². The van der Waals surface area contributed by atoms with Crippen LogP contribution in [0, 0.1) is 0 Å². The predicted molar refractivity (Wildman–Crippen MR) is 102 cm³/mol. The lowest BCUT2D eigenvalue weighted by molar-refractivity contribution is 0.242. The van der Waals surface area contributed by atoms with Crippen LogP contribution in [-0.4, -0.2) is 7.11 Å². The van der Waals surface area contributed by atoms with Crippen molar-refractivity contribution in [1.82, 2.24) is 0 Å². The van der Waals surface area contributed by atoms with Crippen LogP contribution in [0.2, 0.25) is 0 Å². The molecule has 128 valence electrons. The molecule has 0 aliphatic carbocycles. The lowest BCUT2D eigenvalue weighted by Gasteiger charge is -2.17. The molecule has 0 saturated heterocycles. The van der Waals surface area contributed by atoms with Crippen molar-refractivity contribution >= 4 is 15.9 Å². The molecule has 0 aliphatic rings. The molecule has 0 N–H and O–H groups in total. The molecule has 0 aliphatic heterocycles. The van der Waals surface area contributed by atoms with Crippen LogP contribution in [0.5, 0.6) is 17.2 Å². The maximum atomic E-state index is 6.03. The number of hydrogen-bond acceptors (Lipinski definition) is 3. The maximum Gasteiger partial charge on any atom is 0.205 e. The van der Waals surface area contributed by atoms with Crippen LogP contribution in [0.1, 0.15) is 11.1 Å². The Morgan fingerprint density at radius 2 is 1.20 bits per heavy atom. The van der Waals surface area contributed by atoms with Crippen molar-refractivity contribution in [2.45, 2.75) is 13.2 Å². The average Bonchev–Trinajstić information content (AvgIpc) is 2.67. The number of methoxy groups -OCH3 is 1. The molecule has 4 heteroatoms. The Morgan fingerprint density at radius 1 is 0.680 bits per heavy atom. The molecule has 0 fully saturated rings. The molecule has 0 saturated carbocycles. The summed E-state index contributed by atoms with van der Waals surface area (Å²) in [5, 5.41) is 0. The van der Waals surface area contributed by atoms with Crippen LogP contribution < -0.4 is 14.2 Å². The molecule has 0 bridgehead atoms. The van der Waals surface area contributed by atoms with Gasteiger partial charge in [-0.1, -0.05) is 60.7 Å². The average molecular weight is 399 g/mol. The Hall–Kier alpha value is -2.46. The van der Waals surface area contributed by atoms with E-state index in [0.717, 1.165) is 15.6 Å². The van der Waals surface area contributed by atoms with E-state index in [1.165, 1.54) is 0 Å². The molecule has 3 nitrogen and oxygen atoms in total. The normalized spacial score (nSPS) is 10.3. The molecule has 0 aromatic heterocycles. The number of hydrogen-bond donors (Lipinski definition) is 0. The second-order valence-electron chi connectivity index (χ2n) is 5.46. The van der Waals surface area contributed by atoms with Crippen LogP contribution in [-0.2, 0) is 13.2 Å². The summed E-state index contributed by atoms with van der Waals surface area (Å²) < 4.78 is 18.3. The molecule has 0 heterocycles. The molecule has 3 aromatic carbocycles. The minimum atomic E-state index is 0.440. The molecule has 25 heavy (non-hydrogen) atoms. The summed E-state index contributed by atoms with van der Waals surface area (Å²) in [7, 11) is 1.62. The molecular weight excluding hydrogens is 380 g/mol. The summed E-state index contributed by atoms with van der Waals surface area (Å²) in [5.74, 6) is 1.87. The fraction of sp³-hybridized carbons (Fsp3) is 0.143. The van der Waals surface area contributed by atoms with Gasteiger partial charge in [0.25, 0.3) is 0 Å². The summed E-state index contributed by atoms with van der Waals surface area (Å²) in [6.45, 7) is 0.893. The number of ether oxygens (including phenoxy) is 3. The van der Waals surface area contributed by atoms with Crippen molar-refractivity contribution in [2.75, 3.05) is 7.11 Å². The summed E-state index contributed by atoms with van der Waals surface area (Å²) in [5.41, 5.74) is 2.17. The Balaban J connectivity index is 1.82. The van der Waals surface area contributed by atoms with Crippen molar-refractivity contribution in [1.29, 1.82) is 0 Å². The van der Waals surface area contributed by atoms with Gasteiger partial charge in [-0.05, 0) is 39.2 Å². The highest BCUT2D eigenvalue weighted by molar-refractivity contribution is 9.10. The highest BCUT2D eigenvalue weighted by Gasteiger charge is 2.16. The second kappa shape index (κ2) is 8.58. The summed E-state index contributed by atoms with van der Waals surface area (Å²) >= 11 is 3.55. The van der Waals surface area contributed by atoms with Crippen LogP contribution in [0.4, 0.5) is 0 Å². The third kappa shape index (κ3) is 4.54. The maximum absolute atomic E-state index is 6.03. The molecule has 0 radical (unpaired) electrons. The van der Waals surface area contributed by atoms with Crippen molar-refractivity contribution in [3.05, 3.63) is 88.4 Å². The van der Waals surface area contributed by atoms with E-state index in [0.29, 0.717) is 30.5 Å². The summed E-state index contributed by atoms with van der Waals surface area (Å²) in [6.07, 6.45) is 0. The predicted octanol–water partition coefficient (Wildman–Crippen LogP) is 5.62. The van der Waals surface area contributed by atoms with Crippen LogP contribution in [0.3, 0.4) is 0 Å². The van der Waals surface area contributed by atoms with E-state index in [9.17, 15) is 0 Å². The first kappa shape index (κ1) is 17.4. The van der Waals surface area contributed by atoms with Crippen LogP contribution in [0.15, 0.2) is 77.3 Å². The first-order valence-electron chi connectivity index (χ1n) is 7.98. The standard InChI is InChI=1S/C21H19BrO3/c1-23-19-13-12-18(22)20(24-14-16-8-4-2-5-9-16)21(19)25-15-17-10-6-3-7-11-17/h2-13H,14-15H2,1H3. The Bertz CT molecular complexity index is 804. The number of rotatable bonds is 7. The van der Waals surface area contributed by atoms with E-state index in [-0.39, 0.29) is 0 Å². The van der Waals surface area contributed by atoms with Crippen molar-refractivity contribution in [2.24, 2.45) is 0 Å². The van der Waals surface area contributed by atoms with E-state index in [1.54, 1.807) is 7.11 Å². The van der Waals surface area contributed by atoms with Gasteiger partial charge in [0, 0.05) is 0 Å². The topological polar surface area (TPSA) is 27.7 Å². The van der Waals surface area contributed by atoms with Crippen molar-refractivity contribution in [3.63, 3.8) is 0 Å². The first-order chi connectivity index (χ1) is 12.3. The highest BCUT2D eigenvalue weighted by atomic mass is 79.9. The number of benzene rings is 3. The van der Waals surface area contributed by atoms with Gasteiger partial charge in [-0.3, -0.25) is 0 Å². The smallest absolute Gasteiger partial charge is 0.205 e.